The van der Waals surface area contributed by atoms with Gasteiger partial charge in [-0.1, -0.05) is 24.3 Å². The Morgan fingerprint density at radius 3 is 2.95 bits per heavy atom. The highest BCUT2D eigenvalue weighted by atomic mass is 32.1. The number of rotatable bonds is 3. The Morgan fingerprint density at radius 2 is 2.20 bits per heavy atom. The standard InChI is InChI=1S/C17H22N2S/c1-12-11-20-16(19-12)10-14-8-5-7-13-6-3-4-9-15(13)17(14)18-2/h3-4,6,9,11,14,17-18H,5,7-8,10H2,1-2H3. The van der Waals surface area contributed by atoms with Crippen LogP contribution in [0.1, 0.15) is 40.7 Å². The summed E-state index contributed by atoms with van der Waals surface area (Å²) in [6.45, 7) is 2.08. The molecule has 3 rings (SSSR count). The highest BCUT2D eigenvalue weighted by Gasteiger charge is 2.27. The molecule has 2 aromatic rings. The summed E-state index contributed by atoms with van der Waals surface area (Å²) in [4.78, 5) is 4.65. The van der Waals surface area contributed by atoms with Crippen LogP contribution in [0.4, 0.5) is 0 Å². The van der Waals surface area contributed by atoms with Crippen LogP contribution in [-0.4, -0.2) is 12.0 Å². The molecule has 1 aromatic heterocycles. The molecular weight excluding hydrogens is 264 g/mol. The van der Waals surface area contributed by atoms with Gasteiger partial charge in [0, 0.05) is 23.5 Å². The third kappa shape index (κ3) is 2.79. The Labute approximate surface area is 125 Å². The molecular formula is C17H22N2S. The number of aryl methyl sites for hydroxylation is 2. The van der Waals surface area contributed by atoms with Gasteiger partial charge in [0.05, 0.1) is 5.01 Å². The van der Waals surface area contributed by atoms with Crippen molar-refractivity contribution in [2.45, 2.75) is 38.6 Å². The first kappa shape index (κ1) is 13.8. The molecule has 0 bridgehead atoms. The van der Waals surface area contributed by atoms with Crippen molar-refractivity contribution < 1.29 is 0 Å². The average molecular weight is 286 g/mol. The number of nitrogens with one attached hydrogen (secondary N) is 1. The summed E-state index contributed by atoms with van der Waals surface area (Å²) < 4.78 is 0. The Bertz CT molecular complexity index is 576. The Hall–Kier alpha value is -1.19. The molecule has 0 amide bonds. The van der Waals surface area contributed by atoms with Crippen molar-refractivity contribution in [3.8, 4) is 0 Å². The molecule has 1 aromatic carbocycles. The monoisotopic (exact) mass is 286 g/mol. The van der Waals surface area contributed by atoms with E-state index in [0.29, 0.717) is 12.0 Å². The summed E-state index contributed by atoms with van der Waals surface area (Å²) in [7, 11) is 2.09. The molecule has 106 valence electrons. The second kappa shape index (κ2) is 6.06. The van der Waals surface area contributed by atoms with Crippen LogP contribution in [0.2, 0.25) is 0 Å². The van der Waals surface area contributed by atoms with E-state index in [1.165, 1.54) is 35.4 Å². The number of nitrogens with zero attached hydrogens (tertiary/aromatic N) is 1. The van der Waals surface area contributed by atoms with E-state index in [4.69, 9.17) is 0 Å². The lowest BCUT2D eigenvalue weighted by Crippen LogP contribution is -2.26. The number of fused-ring (bicyclic) bond motifs is 1. The van der Waals surface area contributed by atoms with E-state index in [0.717, 1.165) is 12.1 Å². The summed E-state index contributed by atoms with van der Waals surface area (Å²) in [6, 6.07) is 9.37. The van der Waals surface area contributed by atoms with E-state index < -0.39 is 0 Å². The first-order valence-electron chi connectivity index (χ1n) is 7.44. The molecule has 2 atom stereocenters. The van der Waals surface area contributed by atoms with Crippen molar-refractivity contribution >= 4 is 11.3 Å². The van der Waals surface area contributed by atoms with E-state index in [-0.39, 0.29) is 0 Å². The molecule has 2 nitrogen and oxygen atoms in total. The fourth-order valence-corrected chi connectivity index (χ4v) is 4.24. The summed E-state index contributed by atoms with van der Waals surface area (Å²) in [5, 5.41) is 7.00. The summed E-state index contributed by atoms with van der Waals surface area (Å²) in [5.41, 5.74) is 4.16. The third-order valence-corrected chi connectivity index (χ3v) is 5.29. The minimum atomic E-state index is 0.456. The van der Waals surface area contributed by atoms with Crippen LogP contribution in [-0.2, 0) is 12.8 Å². The zero-order valence-corrected chi connectivity index (χ0v) is 13.0. The number of hydrogen-bond donors (Lipinski definition) is 1. The lowest BCUT2D eigenvalue weighted by atomic mass is 9.88. The van der Waals surface area contributed by atoms with Gasteiger partial charge in [-0.2, -0.15) is 0 Å². The highest BCUT2D eigenvalue weighted by Crippen LogP contribution is 2.35. The number of thiazole rings is 1. The minimum absolute atomic E-state index is 0.456. The minimum Gasteiger partial charge on any atom is -0.313 e. The van der Waals surface area contributed by atoms with Crippen molar-refractivity contribution in [2.75, 3.05) is 7.05 Å². The van der Waals surface area contributed by atoms with Crippen LogP contribution < -0.4 is 5.32 Å². The van der Waals surface area contributed by atoms with Crippen molar-refractivity contribution in [1.82, 2.24) is 10.3 Å². The molecule has 1 aliphatic carbocycles. The number of hydrogen-bond acceptors (Lipinski definition) is 3. The molecule has 20 heavy (non-hydrogen) atoms. The predicted molar refractivity (Wildman–Crippen MR) is 85.2 cm³/mol. The SMILES string of the molecule is CNC1c2ccccc2CCCC1Cc1nc(C)cs1. The van der Waals surface area contributed by atoms with Gasteiger partial charge in [-0.25, -0.2) is 4.98 Å². The topological polar surface area (TPSA) is 24.9 Å². The predicted octanol–water partition coefficient (Wildman–Crippen LogP) is 3.91. The van der Waals surface area contributed by atoms with Gasteiger partial charge in [0.2, 0.25) is 0 Å². The van der Waals surface area contributed by atoms with Crippen molar-refractivity contribution in [3.05, 3.63) is 51.5 Å². The molecule has 0 saturated heterocycles. The second-order valence-electron chi connectivity index (χ2n) is 5.70. The first-order valence-corrected chi connectivity index (χ1v) is 8.32. The molecule has 3 heteroatoms. The van der Waals surface area contributed by atoms with E-state index in [9.17, 15) is 0 Å². The van der Waals surface area contributed by atoms with Gasteiger partial charge in [-0.3, -0.25) is 0 Å². The lowest BCUT2D eigenvalue weighted by Gasteiger charge is -2.25. The van der Waals surface area contributed by atoms with Crippen molar-refractivity contribution in [2.24, 2.45) is 5.92 Å². The Balaban J connectivity index is 1.87. The second-order valence-corrected chi connectivity index (χ2v) is 6.65. The van der Waals surface area contributed by atoms with Crippen LogP contribution in [0.15, 0.2) is 29.6 Å². The quantitative estimate of drug-likeness (QED) is 0.865. The smallest absolute Gasteiger partial charge is 0.0931 e. The van der Waals surface area contributed by atoms with Crippen LogP contribution in [0, 0.1) is 12.8 Å². The maximum atomic E-state index is 4.65. The van der Waals surface area contributed by atoms with E-state index >= 15 is 0 Å². The average Bonchev–Trinajstić information content (AvgIpc) is 2.78. The number of aromatic nitrogens is 1. The first-order chi connectivity index (χ1) is 9.78. The van der Waals surface area contributed by atoms with Crippen molar-refractivity contribution in [3.63, 3.8) is 0 Å². The van der Waals surface area contributed by atoms with Crippen LogP contribution >= 0.6 is 11.3 Å². The van der Waals surface area contributed by atoms with Gasteiger partial charge < -0.3 is 5.32 Å². The summed E-state index contributed by atoms with van der Waals surface area (Å²) in [5.74, 6) is 0.647. The van der Waals surface area contributed by atoms with Gasteiger partial charge in [0.15, 0.2) is 0 Å². The van der Waals surface area contributed by atoms with E-state index in [1.54, 1.807) is 11.3 Å². The molecule has 1 N–H and O–H groups in total. The van der Waals surface area contributed by atoms with Gasteiger partial charge >= 0.3 is 0 Å². The lowest BCUT2D eigenvalue weighted by molar-refractivity contribution is 0.358. The fourth-order valence-electron chi connectivity index (χ4n) is 3.37. The molecule has 0 spiro atoms. The maximum Gasteiger partial charge on any atom is 0.0931 e. The normalized spacial score (nSPS) is 22.3. The van der Waals surface area contributed by atoms with Crippen LogP contribution in [0.25, 0.3) is 0 Å². The zero-order chi connectivity index (χ0) is 13.9. The van der Waals surface area contributed by atoms with Crippen molar-refractivity contribution in [1.29, 1.82) is 0 Å². The summed E-state index contributed by atoms with van der Waals surface area (Å²) in [6.07, 6.45) is 4.86. The summed E-state index contributed by atoms with van der Waals surface area (Å²) >= 11 is 1.80. The van der Waals surface area contributed by atoms with Gasteiger partial charge in [-0.05, 0) is 50.3 Å². The van der Waals surface area contributed by atoms with Gasteiger partial charge in [0.25, 0.3) is 0 Å². The molecule has 1 heterocycles. The van der Waals surface area contributed by atoms with Crippen LogP contribution in [0.5, 0.6) is 0 Å². The molecule has 1 aliphatic rings. The largest absolute Gasteiger partial charge is 0.313 e. The number of benzene rings is 1. The zero-order valence-electron chi connectivity index (χ0n) is 12.2. The molecule has 0 fully saturated rings. The fraction of sp³-hybridized carbons (Fsp3) is 0.471. The van der Waals surface area contributed by atoms with E-state index in [1.807, 2.05) is 0 Å². The Morgan fingerprint density at radius 1 is 1.35 bits per heavy atom. The van der Waals surface area contributed by atoms with Gasteiger partial charge in [-0.15, -0.1) is 11.3 Å². The third-order valence-electron chi connectivity index (χ3n) is 4.30. The maximum absolute atomic E-state index is 4.65. The van der Waals surface area contributed by atoms with E-state index in [2.05, 4.69) is 53.9 Å². The molecule has 0 aliphatic heterocycles. The molecule has 0 radical (unpaired) electrons. The van der Waals surface area contributed by atoms with Crippen LogP contribution in [0.3, 0.4) is 0 Å². The highest BCUT2D eigenvalue weighted by molar-refractivity contribution is 7.09. The van der Waals surface area contributed by atoms with Gasteiger partial charge in [0.1, 0.15) is 0 Å². The molecule has 0 saturated carbocycles. The molecule has 2 unspecified atom stereocenters. The Kier molecular flexibility index (Phi) is 4.18.